The second-order valence-electron chi connectivity index (χ2n) is 4.02. The Labute approximate surface area is 109 Å². The highest BCUT2D eigenvalue weighted by molar-refractivity contribution is 6.67. The third-order valence-corrected chi connectivity index (χ3v) is 6.02. The molecule has 0 radical (unpaired) electrons. The molecule has 7 heteroatoms. The zero-order valence-electron chi connectivity index (χ0n) is 11.8. The van der Waals surface area contributed by atoms with Crippen molar-refractivity contribution in [3.63, 3.8) is 0 Å². The van der Waals surface area contributed by atoms with Crippen LogP contribution >= 0.6 is 0 Å². The first kappa shape index (κ1) is 17.2. The van der Waals surface area contributed by atoms with Gasteiger partial charge in [-0.3, -0.25) is 0 Å². The van der Waals surface area contributed by atoms with Crippen molar-refractivity contribution in [3.8, 4) is 0 Å². The van der Waals surface area contributed by atoms with Crippen molar-refractivity contribution in [2.24, 2.45) is 0 Å². The molecule has 2 atom stereocenters. The smallest absolute Gasteiger partial charge is 0.364 e. The highest BCUT2D eigenvalue weighted by Crippen LogP contribution is 2.19. The van der Waals surface area contributed by atoms with Crippen molar-refractivity contribution in [1.82, 2.24) is 0 Å². The zero-order chi connectivity index (χ0) is 13.3. The molecule has 1 saturated heterocycles. The summed E-state index contributed by atoms with van der Waals surface area (Å²) in [4.78, 5) is 0. The molecule has 0 aromatic carbocycles. The standard InChI is InChI=1S/C9H20O4Si.CH6OSi/c1-5-9(13-7-8-6-12-8)14(4,10-2)11-3;1-2-3/h8-9H,5-7H2,1-4H3;1,3H3. The van der Waals surface area contributed by atoms with E-state index >= 15 is 0 Å². The van der Waals surface area contributed by atoms with Crippen molar-refractivity contribution in [1.29, 1.82) is 0 Å². The molecule has 1 aliphatic heterocycles. The van der Waals surface area contributed by atoms with Crippen LogP contribution in [0.2, 0.25) is 6.55 Å². The number of epoxide rings is 1. The summed E-state index contributed by atoms with van der Waals surface area (Å²) in [6, 6.07) is 0. The van der Waals surface area contributed by atoms with E-state index < -0.39 is 8.56 Å². The predicted molar refractivity (Wildman–Crippen MR) is 72.4 cm³/mol. The fourth-order valence-corrected chi connectivity index (χ4v) is 3.21. The predicted octanol–water partition coefficient (Wildman–Crippen LogP) is -0.00240. The van der Waals surface area contributed by atoms with E-state index in [0.29, 0.717) is 12.7 Å². The van der Waals surface area contributed by atoms with Gasteiger partial charge in [-0.1, -0.05) is 6.92 Å². The molecular formula is C10H26O5Si2. The molecular weight excluding hydrogens is 256 g/mol. The van der Waals surface area contributed by atoms with Gasteiger partial charge in [-0.25, -0.2) is 0 Å². The fraction of sp³-hybridized carbons (Fsp3) is 1.00. The summed E-state index contributed by atoms with van der Waals surface area (Å²) < 4.78 is 26.1. The minimum atomic E-state index is -2.14. The first-order chi connectivity index (χ1) is 8.07. The average Bonchev–Trinajstić information content (AvgIpc) is 3.14. The molecule has 0 aliphatic carbocycles. The molecule has 0 N–H and O–H groups in total. The summed E-state index contributed by atoms with van der Waals surface area (Å²) in [6.45, 7) is 5.60. The maximum Gasteiger partial charge on any atom is 0.364 e. The molecule has 0 aromatic heterocycles. The van der Waals surface area contributed by atoms with Crippen LogP contribution in [0.4, 0.5) is 0 Å². The van der Waals surface area contributed by atoms with Gasteiger partial charge >= 0.3 is 8.56 Å². The molecule has 0 bridgehead atoms. The van der Waals surface area contributed by atoms with Crippen molar-refractivity contribution in [3.05, 3.63) is 0 Å². The summed E-state index contributed by atoms with van der Waals surface area (Å²) >= 11 is 0. The van der Waals surface area contributed by atoms with Crippen LogP contribution in [0.15, 0.2) is 0 Å². The van der Waals surface area contributed by atoms with Crippen molar-refractivity contribution < 1.29 is 22.8 Å². The molecule has 5 nitrogen and oxygen atoms in total. The lowest BCUT2D eigenvalue weighted by Crippen LogP contribution is -2.50. The van der Waals surface area contributed by atoms with E-state index in [2.05, 4.69) is 11.3 Å². The SMILES string of the molecule is CCC(OCC1CO1)[Si](C)(OC)OC.CO[SiH3]. The van der Waals surface area contributed by atoms with Gasteiger partial charge in [-0.05, 0) is 13.0 Å². The van der Waals surface area contributed by atoms with Crippen LogP contribution in [0.25, 0.3) is 0 Å². The van der Waals surface area contributed by atoms with Crippen LogP contribution in [-0.2, 0) is 22.8 Å². The highest BCUT2D eigenvalue weighted by Gasteiger charge is 2.40. The Bertz CT molecular complexity index is 186. The van der Waals surface area contributed by atoms with Gasteiger partial charge in [0.15, 0.2) is 0 Å². The Morgan fingerprint density at radius 1 is 1.35 bits per heavy atom. The Hall–Kier alpha value is 0.234. The molecule has 104 valence electrons. The average molecular weight is 282 g/mol. The van der Waals surface area contributed by atoms with Crippen molar-refractivity contribution in [2.75, 3.05) is 34.5 Å². The van der Waals surface area contributed by atoms with Gasteiger partial charge < -0.3 is 22.8 Å². The van der Waals surface area contributed by atoms with E-state index in [4.69, 9.17) is 18.3 Å². The van der Waals surface area contributed by atoms with Gasteiger partial charge in [0, 0.05) is 21.3 Å². The second-order valence-corrected chi connectivity index (χ2v) is 8.33. The zero-order valence-corrected chi connectivity index (χ0v) is 14.8. The molecule has 1 fully saturated rings. The molecule has 2 unspecified atom stereocenters. The van der Waals surface area contributed by atoms with Gasteiger partial charge in [0.05, 0.1) is 13.2 Å². The van der Waals surface area contributed by atoms with Gasteiger partial charge in [-0.15, -0.1) is 0 Å². The minimum absolute atomic E-state index is 0.0849. The Morgan fingerprint density at radius 2 is 1.82 bits per heavy atom. The maximum atomic E-state index is 5.75. The Kier molecular flexibility index (Phi) is 9.33. The summed E-state index contributed by atoms with van der Waals surface area (Å²) in [5.74, 6) is 0. The highest BCUT2D eigenvalue weighted by atomic mass is 28.4. The first-order valence-corrected chi connectivity index (χ1v) is 9.02. The van der Waals surface area contributed by atoms with Crippen LogP contribution < -0.4 is 0 Å². The molecule has 0 aromatic rings. The monoisotopic (exact) mass is 282 g/mol. The lowest BCUT2D eigenvalue weighted by molar-refractivity contribution is 0.0485. The van der Waals surface area contributed by atoms with E-state index in [1.807, 2.05) is 6.55 Å². The number of hydrogen-bond acceptors (Lipinski definition) is 5. The maximum absolute atomic E-state index is 5.75. The van der Waals surface area contributed by atoms with Crippen molar-refractivity contribution in [2.45, 2.75) is 31.7 Å². The third-order valence-electron chi connectivity index (χ3n) is 2.65. The van der Waals surface area contributed by atoms with Crippen LogP contribution in [0.3, 0.4) is 0 Å². The third kappa shape index (κ3) is 6.65. The minimum Gasteiger partial charge on any atom is -0.431 e. The van der Waals surface area contributed by atoms with Gasteiger partial charge in [0.2, 0.25) is 0 Å². The van der Waals surface area contributed by atoms with E-state index in [-0.39, 0.29) is 5.73 Å². The molecule has 1 rings (SSSR count). The van der Waals surface area contributed by atoms with Crippen LogP contribution in [0.1, 0.15) is 13.3 Å². The molecule has 0 amide bonds. The van der Waals surface area contributed by atoms with Crippen LogP contribution in [0, 0.1) is 0 Å². The normalized spacial score (nSPS) is 20.6. The van der Waals surface area contributed by atoms with E-state index in [9.17, 15) is 0 Å². The quantitative estimate of drug-likeness (QED) is 0.486. The van der Waals surface area contributed by atoms with Crippen LogP contribution in [-0.4, -0.2) is 65.4 Å². The Morgan fingerprint density at radius 3 is 2.12 bits per heavy atom. The number of rotatable bonds is 7. The summed E-state index contributed by atoms with van der Waals surface area (Å²) in [5, 5.41) is 0. The lowest BCUT2D eigenvalue weighted by atomic mass is 10.5. The molecule has 0 saturated carbocycles. The number of ether oxygens (including phenoxy) is 2. The molecule has 17 heavy (non-hydrogen) atoms. The summed E-state index contributed by atoms with van der Waals surface area (Å²) in [7, 11) is 3.79. The van der Waals surface area contributed by atoms with Crippen molar-refractivity contribution >= 4 is 19.0 Å². The fourth-order valence-electron chi connectivity index (χ4n) is 1.37. The largest absolute Gasteiger partial charge is 0.431 e. The lowest BCUT2D eigenvalue weighted by Gasteiger charge is -2.30. The van der Waals surface area contributed by atoms with E-state index in [1.54, 1.807) is 21.3 Å². The molecule has 1 heterocycles. The van der Waals surface area contributed by atoms with E-state index in [1.165, 1.54) is 0 Å². The van der Waals surface area contributed by atoms with Gasteiger partial charge in [0.25, 0.3) is 0 Å². The topological polar surface area (TPSA) is 49.5 Å². The summed E-state index contributed by atoms with van der Waals surface area (Å²) in [6.07, 6.45) is 1.22. The number of hydrogen-bond donors (Lipinski definition) is 0. The van der Waals surface area contributed by atoms with Gasteiger partial charge in [-0.2, -0.15) is 0 Å². The first-order valence-electron chi connectivity index (χ1n) is 5.81. The molecule has 0 spiro atoms. The molecule has 1 aliphatic rings. The second kappa shape index (κ2) is 9.20. The van der Waals surface area contributed by atoms with Gasteiger partial charge in [0.1, 0.15) is 22.3 Å². The Balaban J connectivity index is 0.000000770. The summed E-state index contributed by atoms with van der Waals surface area (Å²) in [5.41, 5.74) is 0.0849. The van der Waals surface area contributed by atoms with Crippen LogP contribution in [0.5, 0.6) is 0 Å². The van der Waals surface area contributed by atoms with E-state index in [0.717, 1.165) is 23.5 Å².